The summed E-state index contributed by atoms with van der Waals surface area (Å²) in [5.74, 6) is 0.562. The van der Waals surface area contributed by atoms with Gasteiger partial charge in [-0.2, -0.15) is 0 Å². The zero-order chi connectivity index (χ0) is 22.8. The van der Waals surface area contributed by atoms with Crippen LogP contribution in [-0.4, -0.2) is 25.0 Å². The monoisotopic (exact) mass is 458 g/mol. The first kappa shape index (κ1) is 20.8. The highest BCUT2D eigenvalue weighted by atomic mass is 35.5. The van der Waals surface area contributed by atoms with Crippen molar-refractivity contribution in [3.63, 3.8) is 0 Å². The Morgan fingerprint density at radius 3 is 2.21 bits per heavy atom. The molecule has 0 aromatic heterocycles. The van der Waals surface area contributed by atoms with E-state index in [1.807, 2.05) is 42.5 Å². The van der Waals surface area contributed by atoms with Crippen LogP contribution in [-0.2, 0) is 0 Å². The minimum absolute atomic E-state index is 0.250. The highest BCUT2D eigenvalue weighted by Gasteiger charge is 2.23. The number of amides is 2. The molecule has 7 heteroatoms. The number of ketones is 1. The summed E-state index contributed by atoms with van der Waals surface area (Å²) in [5.41, 5.74) is 1.53. The molecule has 0 saturated carbocycles. The minimum Gasteiger partial charge on any atom is -0.486 e. The Morgan fingerprint density at radius 1 is 0.727 bits per heavy atom. The van der Waals surface area contributed by atoms with Gasteiger partial charge in [0, 0.05) is 17.0 Å². The largest absolute Gasteiger partial charge is 0.486 e. The fraction of sp³-hybridized carbons (Fsp3) is 0.0769. The number of rotatable bonds is 4. The first-order valence-electron chi connectivity index (χ1n) is 10.4. The van der Waals surface area contributed by atoms with Crippen LogP contribution in [0.15, 0.2) is 78.9 Å². The zero-order valence-corrected chi connectivity index (χ0v) is 18.2. The maximum atomic E-state index is 13.3. The van der Waals surface area contributed by atoms with E-state index in [9.17, 15) is 9.59 Å². The first-order chi connectivity index (χ1) is 16.1. The van der Waals surface area contributed by atoms with E-state index in [0.29, 0.717) is 46.7 Å². The molecule has 0 spiro atoms. The Kier molecular flexibility index (Phi) is 5.59. The molecule has 164 valence electrons. The lowest BCUT2D eigenvalue weighted by molar-refractivity contribution is 0.103. The smallest absolute Gasteiger partial charge is 0.323 e. The highest BCUT2D eigenvalue weighted by molar-refractivity contribution is 6.35. The van der Waals surface area contributed by atoms with Crippen LogP contribution < -0.4 is 20.1 Å². The van der Waals surface area contributed by atoms with Gasteiger partial charge in [-0.05, 0) is 29.7 Å². The van der Waals surface area contributed by atoms with Gasteiger partial charge in [-0.15, -0.1) is 0 Å². The number of halogens is 1. The lowest BCUT2D eigenvalue weighted by Gasteiger charge is -2.21. The van der Waals surface area contributed by atoms with Crippen LogP contribution in [0, 0.1) is 0 Å². The predicted molar refractivity (Wildman–Crippen MR) is 129 cm³/mol. The molecular weight excluding hydrogens is 440 g/mol. The standard InChI is InChI=1S/C26H19ClN2O4/c27-20-10-4-3-9-18(20)25(30)19-14-23-24(33-13-12-32-23)15-22(19)29-26(31)28-21-11-5-7-16-6-1-2-8-17(16)21/h1-11,14-15H,12-13H2,(H2,28,29,31). The number of ether oxygens (including phenoxy) is 2. The Bertz CT molecular complexity index is 1380. The number of carbonyl (C=O) groups excluding carboxylic acids is 2. The maximum absolute atomic E-state index is 13.3. The summed E-state index contributed by atoms with van der Waals surface area (Å²) in [6, 6.07) is 22.9. The van der Waals surface area contributed by atoms with E-state index in [1.165, 1.54) is 0 Å². The van der Waals surface area contributed by atoms with E-state index >= 15 is 0 Å². The van der Waals surface area contributed by atoms with Crippen molar-refractivity contribution in [2.45, 2.75) is 0 Å². The fourth-order valence-corrected chi connectivity index (χ4v) is 4.00. The zero-order valence-electron chi connectivity index (χ0n) is 17.4. The average molecular weight is 459 g/mol. The summed E-state index contributed by atoms with van der Waals surface area (Å²) in [6.45, 7) is 0.757. The van der Waals surface area contributed by atoms with E-state index in [-0.39, 0.29) is 11.3 Å². The summed E-state index contributed by atoms with van der Waals surface area (Å²) in [6.07, 6.45) is 0. The molecule has 1 aliphatic heterocycles. The van der Waals surface area contributed by atoms with Crippen LogP contribution >= 0.6 is 11.6 Å². The van der Waals surface area contributed by atoms with Crippen LogP contribution in [0.1, 0.15) is 15.9 Å². The SMILES string of the molecule is O=C(Nc1cc2c(cc1C(=O)c1ccccc1Cl)OCCO2)Nc1cccc2ccccc12. The lowest BCUT2D eigenvalue weighted by Crippen LogP contribution is -2.22. The minimum atomic E-state index is -0.490. The number of benzene rings is 4. The molecule has 2 amide bonds. The molecule has 0 unspecified atom stereocenters. The van der Waals surface area contributed by atoms with Crippen LogP contribution in [0.4, 0.5) is 16.2 Å². The predicted octanol–water partition coefficient (Wildman–Crippen LogP) is 6.14. The molecule has 33 heavy (non-hydrogen) atoms. The van der Waals surface area contributed by atoms with Crippen molar-refractivity contribution in [3.05, 3.63) is 95.0 Å². The van der Waals surface area contributed by atoms with Crippen molar-refractivity contribution >= 4 is 45.6 Å². The summed E-state index contributed by atoms with van der Waals surface area (Å²) >= 11 is 6.26. The number of carbonyl (C=O) groups is 2. The van der Waals surface area contributed by atoms with Crippen LogP contribution in [0.2, 0.25) is 5.02 Å². The van der Waals surface area contributed by atoms with E-state index in [0.717, 1.165) is 10.8 Å². The van der Waals surface area contributed by atoms with Crippen molar-refractivity contribution < 1.29 is 19.1 Å². The summed E-state index contributed by atoms with van der Waals surface area (Å²) in [7, 11) is 0. The molecule has 0 saturated heterocycles. The number of anilines is 2. The Labute approximate surface area is 195 Å². The van der Waals surface area contributed by atoms with E-state index in [2.05, 4.69) is 10.6 Å². The Morgan fingerprint density at radius 2 is 1.39 bits per heavy atom. The topological polar surface area (TPSA) is 76.7 Å². The molecule has 0 fully saturated rings. The molecule has 1 heterocycles. The third-order valence-corrected chi connectivity index (χ3v) is 5.66. The number of urea groups is 1. The molecule has 0 atom stereocenters. The van der Waals surface area contributed by atoms with E-state index < -0.39 is 6.03 Å². The van der Waals surface area contributed by atoms with Crippen LogP contribution in [0.5, 0.6) is 11.5 Å². The van der Waals surface area contributed by atoms with E-state index in [1.54, 1.807) is 36.4 Å². The number of nitrogens with one attached hydrogen (secondary N) is 2. The Balaban J connectivity index is 1.49. The molecule has 1 aliphatic rings. The van der Waals surface area contributed by atoms with Gasteiger partial charge in [0.2, 0.25) is 0 Å². The second-order valence-electron chi connectivity index (χ2n) is 7.46. The maximum Gasteiger partial charge on any atom is 0.323 e. The summed E-state index contributed by atoms with van der Waals surface area (Å²) in [5, 5.41) is 7.90. The van der Waals surface area contributed by atoms with Crippen LogP contribution in [0.3, 0.4) is 0 Å². The normalized spacial score (nSPS) is 12.3. The van der Waals surface area contributed by atoms with Crippen molar-refractivity contribution in [2.24, 2.45) is 0 Å². The second kappa shape index (κ2) is 8.84. The number of hydrogen-bond donors (Lipinski definition) is 2. The highest BCUT2D eigenvalue weighted by Crippen LogP contribution is 2.37. The van der Waals surface area contributed by atoms with Gasteiger partial charge in [0.15, 0.2) is 17.3 Å². The quantitative estimate of drug-likeness (QED) is 0.360. The van der Waals surface area contributed by atoms with Crippen LogP contribution in [0.25, 0.3) is 10.8 Å². The molecular formula is C26H19ClN2O4. The molecule has 5 rings (SSSR count). The van der Waals surface area contributed by atoms with Gasteiger partial charge >= 0.3 is 6.03 Å². The fourth-order valence-electron chi connectivity index (χ4n) is 3.78. The summed E-state index contributed by atoms with van der Waals surface area (Å²) in [4.78, 5) is 26.3. The van der Waals surface area contributed by atoms with Gasteiger partial charge in [0.1, 0.15) is 13.2 Å². The second-order valence-corrected chi connectivity index (χ2v) is 7.86. The van der Waals surface area contributed by atoms with Gasteiger partial charge in [-0.1, -0.05) is 60.1 Å². The third kappa shape index (κ3) is 4.21. The van der Waals surface area contributed by atoms with Crippen molar-refractivity contribution in [1.29, 1.82) is 0 Å². The number of fused-ring (bicyclic) bond motifs is 2. The molecule has 4 aromatic rings. The molecule has 2 N–H and O–H groups in total. The molecule has 4 aromatic carbocycles. The van der Waals surface area contributed by atoms with Gasteiger partial charge in [0.25, 0.3) is 0 Å². The summed E-state index contributed by atoms with van der Waals surface area (Å²) < 4.78 is 11.3. The number of hydrogen-bond acceptors (Lipinski definition) is 4. The molecule has 6 nitrogen and oxygen atoms in total. The van der Waals surface area contributed by atoms with Gasteiger partial charge in [0.05, 0.1) is 22.0 Å². The van der Waals surface area contributed by atoms with Gasteiger partial charge < -0.3 is 20.1 Å². The molecule has 0 aliphatic carbocycles. The third-order valence-electron chi connectivity index (χ3n) is 5.33. The lowest BCUT2D eigenvalue weighted by atomic mass is 10.0. The van der Waals surface area contributed by atoms with E-state index in [4.69, 9.17) is 21.1 Å². The van der Waals surface area contributed by atoms with Crippen molar-refractivity contribution in [1.82, 2.24) is 0 Å². The molecule has 0 bridgehead atoms. The molecule has 0 radical (unpaired) electrons. The van der Waals surface area contributed by atoms with Crippen molar-refractivity contribution in [3.8, 4) is 11.5 Å². The average Bonchev–Trinajstić information content (AvgIpc) is 2.84. The van der Waals surface area contributed by atoms with Gasteiger partial charge in [-0.25, -0.2) is 4.79 Å². The van der Waals surface area contributed by atoms with Gasteiger partial charge in [-0.3, -0.25) is 4.79 Å². The first-order valence-corrected chi connectivity index (χ1v) is 10.8. The van der Waals surface area contributed by atoms with Crippen molar-refractivity contribution in [2.75, 3.05) is 23.8 Å². The Hall–Kier alpha value is -4.03.